The first-order valence-corrected chi connectivity index (χ1v) is 8.61. The number of fused-ring (bicyclic) bond motifs is 1. The van der Waals surface area contributed by atoms with Gasteiger partial charge in [0.05, 0.1) is 6.04 Å². The molecular weight excluding hydrogens is 314 g/mol. The molecule has 2 aliphatic carbocycles. The number of carbonyl (C=O) groups excluding carboxylic acids is 1. The Kier molecular flexibility index (Phi) is 3.89. The zero-order valence-corrected chi connectivity index (χ0v) is 13.6. The molecule has 2 aliphatic rings. The second-order valence-electron chi connectivity index (χ2n) is 6.21. The van der Waals surface area contributed by atoms with Gasteiger partial charge in [0, 0.05) is 10.2 Å². The van der Waals surface area contributed by atoms with Crippen molar-refractivity contribution in [2.24, 2.45) is 5.41 Å². The van der Waals surface area contributed by atoms with E-state index in [1.165, 1.54) is 24.0 Å². The van der Waals surface area contributed by atoms with Crippen LogP contribution >= 0.6 is 15.9 Å². The van der Waals surface area contributed by atoms with Gasteiger partial charge in [0.1, 0.15) is 0 Å². The summed E-state index contributed by atoms with van der Waals surface area (Å²) in [6.07, 6.45) is 6.45. The molecule has 1 saturated carbocycles. The monoisotopic (exact) mass is 335 g/mol. The summed E-state index contributed by atoms with van der Waals surface area (Å²) in [5, 5.41) is 3.33. The third-order valence-corrected chi connectivity index (χ3v) is 6.02. The smallest absolute Gasteiger partial charge is 0.226 e. The number of rotatable bonds is 3. The highest BCUT2D eigenvalue weighted by atomic mass is 79.9. The molecule has 1 aromatic carbocycles. The van der Waals surface area contributed by atoms with Gasteiger partial charge in [-0.15, -0.1) is 0 Å². The Labute approximate surface area is 129 Å². The topological polar surface area (TPSA) is 29.1 Å². The van der Waals surface area contributed by atoms with Crippen molar-refractivity contribution in [1.29, 1.82) is 0 Å². The maximum atomic E-state index is 12.8. The Hall–Kier alpha value is -0.830. The predicted octanol–water partition coefficient (Wildman–Crippen LogP) is 4.13. The summed E-state index contributed by atoms with van der Waals surface area (Å²) in [4.78, 5) is 13.1. The number of halogens is 1. The molecule has 108 valence electrons. The Morgan fingerprint density at radius 1 is 1.35 bits per heavy atom. The maximum absolute atomic E-state index is 12.8. The van der Waals surface area contributed by atoms with Gasteiger partial charge in [0.25, 0.3) is 0 Å². The van der Waals surface area contributed by atoms with Gasteiger partial charge in [-0.3, -0.25) is 4.79 Å². The van der Waals surface area contributed by atoms with Crippen LogP contribution in [0.2, 0.25) is 0 Å². The van der Waals surface area contributed by atoms with E-state index in [0.717, 1.165) is 25.7 Å². The molecule has 0 aromatic heterocycles. The summed E-state index contributed by atoms with van der Waals surface area (Å²) in [7, 11) is 0. The molecule has 0 saturated heterocycles. The summed E-state index contributed by atoms with van der Waals surface area (Å²) < 4.78 is 0. The first-order valence-electron chi connectivity index (χ1n) is 7.69. The van der Waals surface area contributed by atoms with E-state index in [4.69, 9.17) is 0 Å². The Bertz CT molecular complexity index is 507. The lowest BCUT2D eigenvalue weighted by Crippen LogP contribution is -2.42. The normalized spacial score (nSPS) is 27.3. The van der Waals surface area contributed by atoms with Crippen LogP contribution in [0.1, 0.15) is 56.2 Å². The Morgan fingerprint density at radius 3 is 2.75 bits per heavy atom. The summed E-state index contributed by atoms with van der Waals surface area (Å²) in [5.41, 5.74) is 2.54. The molecule has 0 spiro atoms. The van der Waals surface area contributed by atoms with Gasteiger partial charge >= 0.3 is 0 Å². The molecule has 20 heavy (non-hydrogen) atoms. The maximum Gasteiger partial charge on any atom is 0.226 e. The van der Waals surface area contributed by atoms with Gasteiger partial charge in [-0.1, -0.05) is 60.0 Å². The van der Waals surface area contributed by atoms with E-state index in [2.05, 4.69) is 52.4 Å². The van der Waals surface area contributed by atoms with Gasteiger partial charge < -0.3 is 5.32 Å². The zero-order chi connectivity index (χ0) is 14.2. The molecule has 0 bridgehead atoms. The lowest BCUT2D eigenvalue weighted by Gasteiger charge is -2.29. The largest absolute Gasteiger partial charge is 0.348 e. The van der Waals surface area contributed by atoms with E-state index in [1.807, 2.05) is 0 Å². The van der Waals surface area contributed by atoms with E-state index >= 15 is 0 Å². The number of hydrogen-bond donors (Lipinski definition) is 1. The van der Waals surface area contributed by atoms with Crippen LogP contribution in [0.3, 0.4) is 0 Å². The minimum Gasteiger partial charge on any atom is -0.348 e. The van der Waals surface area contributed by atoms with Crippen molar-refractivity contribution < 1.29 is 4.79 Å². The highest BCUT2D eigenvalue weighted by molar-refractivity contribution is 9.09. The van der Waals surface area contributed by atoms with Crippen LogP contribution in [0.4, 0.5) is 0 Å². The van der Waals surface area contributed by atoms with Gasteiger partial charge in [-0.2, -0.15) is 0 Å². The lowest BCUT2D eigenvalue weighted by atomic mass is 9.82. The van der Waals surface area contributed by atoms with Gasteiger partial charge in [-0.25, -0.2) is 0 Å². The lowest BCUT2D eigenvalue weighted by molar-refractivity contribution is -0.131. The van der Waals surface area contributed by atoms with E-state index in [9.17, 15) is 4.79 Å². The zero-order valence-electron chi connectivity index (χ0n) is 12.0. The summed E-state index contributed by atoms with van der Waals surface area (Å²) in [6.45, 7) is 2.15. The van der Waals surface area contributed by atoms with Crippen LogP contribution in [0.25, 0.3) is 0 Å². The third-order valence-electron chi connectivity index (χ3n) is 5.17. The average Bonchev–Trinajstić information content (AvgIpc) is 3.05. The highest BCUT2D eigenvalue weighted by Crippen LogP contribution is 2.43. The molecule has 0 aliphatic heterocycles. The van der Waals surface area contributed by atoms with Gasteiger partial charge in [-0.05, 0) is 36.8 Å². The molecule has 1 N–H and O–H groups in total. The van der Waals surface area contributed by atoms with E-state index in [-0.39, 0.29) is 17.4 Å². The molecular formula is C17H22BrNO. The SMILES string of the molecule is CCC1(C(=O)NC2c3ccccc3CC2Br)CCCC1. The predicted molar refractivity (Wildman–Crippen MR) is 84.9 cm³/mol. The molecule has 1 amide bonds. The second kappa shape index (κ2) is 5.51. The first kappa shape index (κ1) is 14.1. The summed E-state index contributed by atoms with van der Waals surface area (Å²) in [6, 6.07) is 8.58. The fraction of sp³-hybridized carbons (Fsp3) is 0.588. The average molecular weight is 336 g/mol. The standard InChI is InChI=1S/C17H22BrNO/c1-2-17(9-5-6-10-17)16(20)19-15-13-8-4-3-7-12(13)11-14(15)18/h3-4,7-8,14-15H,2,5-6,9-11H2,1H3,(H,19,20). The highest BCUT2D eigenvalue weighted by Gasteiger charge is 2.42. The number of alkyl halides is 1. The Balaban J connectivity index is 1.79. The van der Waals surface area contributed by atoms with Crippen molar-refractivity contribution in [1.82, 2.24) is 5.32 Å². The molecule has 0 heterocycles. The van der Waals surface area contributed by atoms with Crippen LogP contribution in [0.5, 0.6) is 0 Å². The quantitative estimate of drug-likeness (QED) is 0.826. The second-order valence-corrected chi connectivity index (χ2v) is 7.39. The molecule has 2 nitrogen and oxygen atoms in total. The fourth-order valence-corrected chi connectivity index (χ4v) is 4.57. The van der Waals surface area contributed by atoms with E-state index in [0.29, 0.717) is 4.83 Å². The minimum absolute atomic E-state index is 0.107. The van der Waals surface area contributed by atoms with Crippen LogP contribution in [-0.4, -0.2) is 10.7 Å². The minimum atomic E-state index is -0.107. The van der Waals surface area contributed by atoms with Crippen molar-refractivity contribution in [3.63, 3.8) is 0 Å². The Morgan fingerprint density at radius 2 is 2.05 bits per heavy atom. The van der Waals surface area contributed by atoms with Gasteiger partial charge in [0.15, 0.2) is 0 Å². The van der Waals surface area contributed by atoms with Crippen molar-refractivity contribution in [2.75, 3.05) is 0 Å². The summed E-state index contributed by atoms with van der Waals surface area (Å²) >= 11 is 3.75. The first-order chi connectivity index (χ1) is 9.66. The molecule has 1 fully saturated rings. The molecule has 2 atom stereocenters. The molecule has 0 radical (unpaired) electrons. The fourth-order valence-electron chi connectivity index (χ4n) is 3.80. The van der Waals surface area contributed by atoms with E-state index < -0.39 is 0 Å². The number of nitrogens with one attached hydrogen (secondary N) is 1. The van der Waals surface area contributed by atoms with Crippen LogP contribution in [-0.2, 0) is 11.2 Å². The van der Waals surface area contributed by atoms with Crippen molar-refractivity contribution in [2.45, 2.75) is 56.3 Å². The third kappa shape index (κ3) is 2.30. The van der Waals surface area contributed by atoms with Crippen LogP contribution < -0.4 is 5.32 Å². The molecule has 1 aromatic rings. The summed E-state index contributed by atoms with van der Waals surface area (Å²) in [5.74, 6) is 0.267. The van der Waals surface area contributed by atoms with Crippen LogP contribution in [0, 0.1) is 5.41 Å². The van der Waals surface area contributed by atoms with Crippen LogP contribution in [0.15, 0.2) is 24.3 Å². The number of benzene rings is 1. The van der Waals surface area contributed by atoms with Crippen molar-refractivity contribution in [3.8, 4) is 0 Å². The molecule has 3 heteroatoms. The molecule has 3 rings (SSSR count). The number of amides is 1. The molecule has 2 unspecified atom stereocenters. The van der Waals surface area contributed by atoms with Gasteiger partial charge in [0.2, 0.25) is 5.91 Å². The van der Waals surface area contributed by atoms with E-state index in [1.54, 1.807) is 0 Å². The van der Waals surface area contributed by atoms with Crippen molar-refractivity contribution >= 4 is 21.8 Å². The number of hydrogen-bond acceptors (Lipinski definition) is 1. The number of carbonyl (C=O) groups is 1. The van der Waals surface area contributed by atoms with Crippen molar-refractivity contribution in [3.05, 3.63) is 35.4 Å².